The highest BCUT2D eigenvalue weighted by Crippen LogP contribution is 2.27. The third kappa shape index (κ3) is 5.72. The van der Waals surface area contributed by atoms with Crippen molar-refractivity contribution in [1.82, 2.24) is 15.1 Å². The number of piperazine rings is 1. The first-order chi connectivity index (χ1) is 11.2. The number of carbonyl (C=O) groups is 1. The Morgan fingerprint density at radius 3 is 2.67 bits per heavy atom. The van der Waals surface area contributed by atoms with Gasteiger partial charge in [-0.05, 0) is 37.0 Å². The van der Waals surface area contributed by atoms with Crippen molar-refractivity contribution in [2.24, 2.45) is 0 Å². The molecule has 1 N–H and O–H groups in total. The van der Waals surface area contributed by atoms with E-state index in [0.717, 1.165) is 51.3 Å². The van der Waals surface area contributed by atoms with Crippen molar-refractivity contribution in [3.63, 3.8) is 0 Å². The largest absolute Gasteiger partial charge is 0.340 e. The summed E-state index contributed by atoms with van der Waals surface area (Å²) >= 11 is 0. The number of nitrogens with zero attached hydrogens (tertiary/aromatic N) is 2. The maximum Gasteiger partial charge on any atom is 0.223 e. The monoisotopic (exact) mass is 355 g/mol. The van der Waals surface area contributed by atoms with Crippen LogP contribution in [0.4, 0.5) is 4.39 Å². The molecule has 6 heteroatoms. The number of hydrogen-bond acceptors (Lipinski definition) is 3. The molecule has 4 nitrogen and oxygen atoms in total. The first-order valence-corrected chi connectivity index (χ1v) is 8.69. The number of amides is 1. The van der Waals surface area contributed by atoms with E-state index in [1.165, 1.54) is 18.9 Å². The summed E-state index contributed by atoms with van der Waals surface area (Å²) in [5.41, 5.74) is 1.03. The smallest absolute Gasteiger partial charge is 0.223 e. The maximum atomic E-state index is 13.3. The Labute approximate surface area is 149 Å². The summed E-state index contributed by atoms with van der Waals surface area (Å²) < 4.78 is 13.3. The van der Waals surface area contributed by atoms with Gasteiger partial charge in [0, 0.05) is 51.7 Å². The van der Waals surface area contributed by atoms with Gasteiger partial charge in [0.1, 0.15) is 5.82 Å². The van der Waals surface area contributed by atoms with Crippen LogP contribution in [0.1, 0.15) is 24.8 Å². The standard InChI is InChI=1S/C18H26FN3O.ClH/c19-16-3-1-2-15(14-16)6-10-21(17-4-5-17)11-7-18(23)22-12-8-20-9-13-22;/h1-3,14,17,20H,4-13H2;1H. The maximum absolute atomic E-state index is 13.3. The van der Waals surface area contributed by atoms with Crippen molar-refractivity contribution in [2.75, 3.05) is 39.3 Å². The Balaban J connectivity index is 0.00000208. The fraction of sp³-hybridized carbons (Fsp3) is 0.611. The van der Waals surface area contributed by atoms with Crippen LogP contribution in [0, 0.1) is 5.82 Å². The van der Waals surface area contributed by atoms with Crippen molar-refractivity contribution >= 4 is 18.3 Å². The quantitative estimate of drug-likeness (QED) is 0.813. The molecule has 1 aromatic rings. The van der Waals surface area contributed by atoms with E-state index in [0.29, 0.717) is 12.5 Å². The van der Waals surface area contributed by atoms with Crippen LogP contribution in [-0.4, -0.2) is 61.0 Å². The lowest BCUT2D eigenvalue weighted by atomic mass is 10.1. The van der Waals surface area contributed by atoms with Gasteiger partial charge in [0.15, 0.2) is 0 Å². The van der Waals surface area contributed by atoms with Crippen LogP contribution >= 0.6 is 12.4 Å². The zero-order valence-corrected chi connectivity index (χ0v) is 14.9. The van der Waals surface area contributed by atoms with Crippen LogP contribution in [0.2, 0.25) is 0 Å². The van der Waals surface area contributed by atoms with E-state index in [1.54, 1.807) is 12.1 Å². The third-order valence-corrected chi connectivity index (χ3v) is 4.72. The number of rotatable bonds is 7. The number of nitrogens with one attached hydrogen (secondary N) is 1. The molecule has 1 aliphatic carbocycles. The van der Waals surface area contributed by atoms with E-state index in [2.05, 4.69) is 10.2 Å². The van der Waals surface area contributed by atoms with E-state index in [-0.39, 0.29) is 24.1 Å². The highest BCUT2D eigenvalue weighted by atomic mass is 35.5. The molecule has 0 atom stereocenters. The van der Waals surface area contributed by atoms with Gasteiger partial charge in [-0.1, -0.05) is 12.1 Å². The van der Waals surface area contributed by atoms with E-state index in [4.69, 9.17) is 0 Å². The SMILES string of the molecule is Cl.O=C(CCN(CCc1cccc(F)c1)C1CC1)N1CCNCC1. The molecule has 0 spiro atoms. The minimum atomic E-state index is -0.172. The Kier molecular flexibility index (Phi) is 7.46. The third-order valence-electron chi connectivity index (χ3n) is 4.72. The molecular formula is C18H27ClFN3O. The van der Waals surface area contributed by atoms with E-state index in [9.17, 15) is 9.18 Å². The number of halogens is 2. The Bertz CT molecular complexity index is 533. The molecule has 0 radical (unpaired) electrons. The molecule has 1 amide bonds. The lowest BCUT2D eigenvalue weighted by Crippen LogP contribution is -2.47. The van der Waals surface area contributed by atoms with Crippen LogP contribution in [0.5, 0.6) is 0 Å². The van der Waals surface area contributed by atoms with Crippen molar-refractivity contribution in [3.05, 3.63) is 35.6 Å². The van der Waals surface area contributed by atoms with Gasteiger partial charge in [0.25, 0.3) is 0 Å². The first-order valence-electron chi connectivity index (χ1n) is 8.69. The van der Waals surface area contributed by atoms with Gasteiger partial charge in [-0.3, -0.25) is 9.69 Å². The Morgan fingerprint density at radius 1 is 1.25 bits per heavy atom. The summed E-state index contributed by atoms with van der Waals surface area (Å²) in [7, 11) is 0. The second-order valence-electron chi connectivity index (χ2n) is 6.53. The molecule has 1 saturated carbocycles. The van der Waals surface area contributed by atoms with Crippen molar-refractivity contribution in [1.29, 1.82) is 0 Å². The van der Waals surface area contributed by atoms with Crippen LogP contribution in [0.15, 0.2) is 24.3 Å². The zero-order valence-electron chi connectivity index (χ0n) is 14.0. The van der Waals surface area contributed by atoms with E-state index in [1.807, 2.05) is 11.0 Å². The summed E-state index contributed by atoms with van der Waals surface area (Å²) in [5.74, 6) is 0.0947. The zero-order chi connectivity index (χ0) is 16.1. The molecule has 0 bridgehead atoms. The number of hydrogen-bond donors (Lipinski definition) is 1. The molecular weight excluding hydrogens is 329 g/mol. The molecule has 1 aliphatic heterocycles. The fourth-order valence-corrected chi connectivity index (χ4v) is 3.19. The molecule has 3 rings (SSSR count). The average Bonchev–Trinajstić information content (AvgIpc) is 3.40. The number of carbonyl (C=O) groups excluding carboxylic acids is 1. The van der Waals surface area contributed by atoms with Crippen LogP contribution in [-0.2, 0) is 11.2 Å². The lowest BCUT2D eigenvalue weighted by molar-refractivity contribution is -0.132. The van der Waals surface area contributed by atoms with Crippen molar-refractivity contribution in [3.8, 4) is 0 Å². The topological polar surface area (TPSA) is 35.6 Å². The molecule has 1 heterocycles. The van der Waals surface area contributed by atoms with Gasteiger partial charge in [-0.25, -0.2) is 4.39 Å². The molecule has 2 fully saturated rings. The Morgan fingerprint density at radius 2 is 2.00 bits per heavy atom. The van der Waals surface area contributed by atoms with Gasteiger partial charge < -0.3 is 10.2 Å². The molecule has 0 unspecified atom stereocenters. The first kappa shape index (κ1) is 19.2. The van der Waals surface area contributed by atoms with E-state index >= 15 is 0 Å². The highest BCUT2D eigenvalue weighted by Gasteiger charge is 2.29. The predicted molar refractivity (Wildman–Crippen MR) is 96.0 cm³/mol. The van der Waals surface area contributed by atoms with Gasteiger partial charge in [-0.2, -0.15) is 0 Å². The summed E-state index contributed by atoms with van der Waals surface area (Å²) in [6.45, 7) is 5.18. The molecule has 1 aromatic carbocycles. The van der Waals surface area contributed by atoms with Crippen molar-refractivity contribution < 1.29 is 9.18 Å². The molecule has 1 saturated heterocycles. The molecule has 0 aromatic heterocycles. The van der Waals surface area contributed by atoms with Gasteiger partial charge in [0.2, 0.25) is 5.91 Å². The van der Waals surface area contributed by atoms with Crippen LogP contribution < -0.4 is 5.32 Å². The predicted octanol–water partition coefficient (Wildman–Crippen LogP) is 2.08. The summed E-state index contributed by atoms with van der Waals surface area (Å²) in [6, 6.07) is 7.45. The second kappa shape index (κ2) is 9.35. The summed E-state index contributed by atoms with van der Waals surface area (Å²) in [4.78, 5) is 16.7. The summed E-state index contributed by atoms with van der Waals surface area (Å²) in [6.07, 6.45) is 3.89. The highest BCUT2D eigenvalue weighted by molar-refractivity contribution is 5.85. The lowest BCUT2D eigenvalue weighted by Gasteiger charge is -2.29. The van der Waals surface area contributed by atoms with Gasteiger partial charge in [-0.15, -0.1) is 12.4 Å². The van der Waals surface area contributed by atoms with Gasteiger partial charge >= 0.3 is 0 Å². The molecule has 24 heavy (non-hydrogen) atoms. The van der Waals surface area contributed by atoms with Gasteiger partial charge in [0.05, 0.1) is 0 Å². The molecule has 2 aliphatic rings. The Hall–Kier alpha value is -1.17. The normalized spacial score (nSPS) is 17.7. The van der Waals surface area contributed by atoms with Crippen molar-refractivity contribution in [2.45, 2.75) is 31.7 Å². The minimum absolute atomic E-state index is 0. The number of benzene rings is 1. The van der Waals surface area contributed by atoms with E-state index < -0.39 is 0 Å². The van der Waals surface area contributed by atoms with Crippen LogP contribution in [0.3, 0.4) is 0 Å². The fourth-order valence-electron chi connectivity index (χ4n) is 3.19. The summed E-state index contributed by atoms with van der Waals surface area (Å²) in [5, 5.41) is 3.27. The minimum Gasteiger partial charge on any atom is -0.340 e. The van der Waals surface area contributed by atoms with Crippen LogP contribution in [0.25, 0.3) is 0 Å². The second-order valence-corrected chi connectivity index (χ2v) is 6.53. The molecule has 134 valence electrons. The average molecular weight is 356 g/mol.